The molecule has 0 saturated heterocycles. The highest BCUT2D eigenvalue weighted by Crippen LogP contribution is 2.44. The molecular formula is C30H44N2O5. The highest BCUT2D eigenvalue weighted by atomic mass is 16.5. The first kappa shape index (κ1) is 30.0. The Kier molecular flexibility index (Phi) is 11.3. The number of rotatable bonds is 14. The van der Waals surface area contributed by atoms with Crippen LogP contribution in [0.1, 0.15) is 88.8 Å². The fourth-order valence-corrected chi connectivity index (χ4v) is 4.65. The SMILES string of the molecule is CCCCCC(CC(=O)Nc1cc(CCC(N)=O)ccc1C(C)(C)C)c1ccc(OC)c(OC)c1OC. The van der Waals surface area contributed by atoms with E-state index in [4.69, 9.17) is 19.9 Å². The lowest BCUT2D eigenvalue weighted by Crippen LogP contribution is -2.21. The van der Waals surface area contributed by atoms with E-state index in [2.05, 4.69) is 33.0 Å². The van der Waals surface area contributed by atoms with Gasteiger partial charge in [-0.1, -0.05) is 65.2 Å². The van der Waals surface area contributed by atoms with Gasteiger partial charge in [-0.2, -0.15) is 0 Å². The topological polar surface area (TPSA) is 99.9 Å². The zero-order valence-electron chi connectivity index (χ0n) is 23.5. The largest absolute Gasteiger partial charge is 0.493 e. The van der Waals surface area contributed by atoms with Crippen molar-refractivity contribution < 1.29 is 23.8 Å². The van der Waals surface area contributed by atoms with E-state index >= 15 is 0 Å². The van der Waals surface area contributed by atoms with Crippen LogP contribution in [0.5, 0.6) is 17.2 Å². The Hall–Kier alpha value is -3.22. The number of benzene rings is 2. The molecule has 204 valence electrons. The monoisotopic (exact) mass is 512 g/mol. The van der Waals surface area contributed by atoms with E-state index in [1.165, 1.54) is 0 Å². The van der Waals surface area contributed by atoms with Crippen molar-refractivity contribution in [1.82, 2.24) is 0 Å². The van der Waals surface area contributed by atoms with Gasteiger partial charge in [-0.3, -0.25) is 9.59 Å². The predicted octanol–water partition coefficient (Wildman–Crippen LogP) is 6.12. The van der Waals surface area contributed by atoms with Crippen molar-refractivity contribution in [3.8, 4) is 17.2 Å². The molecule has 2 aromatic carbocycles. The molecule has 1 unspecified atom stereocenters. The minimum Gasteiger partial charge on any atom is -0.493 e. The lowest BCUT2D eigenvalue weighted by molar-refractivity contribution is -0.118. The summed E-state index contributed by atoms with van der Waals surface area (Å²) < 4.78 is 16.8. The lowest BCUT2D eigenvalue weighted by Gasteiger charge is -2.25. The van der Waals surface area contributed by atoms with Crippen LogP contribution < -0.4 is 25.3 Å². The number of hydrogen-bond donors (Lipinski definition) is 2. The molecule has 0 heterocycles. The number of carbonyl (C=O) groups is 2. The van der Waals surface area contributed by atoms with Crippen LogP contribution in [0.2, 0.25) is 0 Å². The molecule has 0 spiro atoms. The first-order valence-electron chi connectivity index (χ1n) is 13.1. The predicted molar refractivity (Wildman–Crippen MR) is 149 cm³/mol. The van der Waals surface area contributed by atoms with Gasteiger partial charge in [0.15, 0.2) is 11.5 Å². The van der Waals surface area contributed by atoms with E-state index < -0.39 is 0 Å². The Labute approximate surface area is 222 Å². The summed E-state index contributed by atoms with van der Waals surface area (Å²) in [5, 5.41) is 3.17. The van der Waals surface area contributed by atoms with Gasteiger partial charge in [-0.15, -0.1) is 0 Å². The van der Waals surface area contributed by atoms with E-state index in [0.717, 1.165) is 48.1 Å². The van der Waals surface area contributed by atoms with Crippen LogP contribution >= 0.6 is 0 Å². The maximum absolute atomic E-state index is 13.5. The van der Waals surface area contributed by atoms with Crippen molar-refractivity contribution >= 4 is 17.5 Å². The van der Waals surface area contributed by atoms with Crippen molar-refractivity contribution in [2.24, 2.45) is 5.73 Å². The molecule has 2 aromatic rings. The van der Waals surface area contributed by atoms with Crippen LogP contribution in [-0.4, -0.2) is 33.1 Å². The molecule has 0 aliphatic rings. The van der Waals surface area contributed by atoms with Gasteiger partial charge in [0.2, 0.25) is 17.6 Å². The number of nitrogens with one attached hydrogen (secondary N) is 1. The molecule has 7 heteroatoms. The van der Waals surface area contributed by atoms with Crippen molar-refractivity contribution in [3.63, 3.8) is 0 Å². The molecule has 0 saturated carbocycles. The van der Waals surface area contributed by atoms with Gasteiger partial charge < -0.3 is 25.3 Å². The quantitative estimate of drug-likeness (QED) is 0.297. The standard InChI is InChI=1S/C30H44N2O5/c1-8-9-10-11-21(22-14-16-25(35-5)29(37-7)28(22)36-6)19-27(34)32-24-18-20(13-17-26(31)33)12-15-23(24)30(2,3)4/h12,14-16,18,21H,8-11,13,17,19H2,1-7H3,(H2,31,33)(H,32,34). The molecular weight excluding hydrogens is 468 g/mol. The molecule has 0 aliphatic heterocycles. The molecule has 0 bridgehead atoms. The van der Waals surface area contributed by atoms with E-state index in [1.54, 1.807) is 21.3 Å². The minimum atomic E-state index is -0.343. The van der Waals surface area contributed by atoms with Crippen molar-refractivity contribution in [1.29, 1.82) is 0 Å². The number of hydrogen-bond acceptors (Lipinski definition) is 5. The fraction of sp³-hybridized carbons (Fsp3) is 0.533. The maximum Gasteiger partial charge on any atom is 0.224 e. The van der Waals surface area contributed by atoms with E-state index in [-0.39, 0.29) is 29.6 Å². The Balaban J connectivity index is 2.39. The summed E-state index contributed by atoms with van der Waals surface area (Å²) in [6, 6.07) is 9.82. The van der Waals surface area contributed by atoms with Crippen molar-refractivity contribution in [2.75, 3.05) is 26.6 Å². The van der Waals surface area contributed by atoms with E-state index in [0.29, 0.717) is 30.1 Å². The lowest BCUT2D eigenvalue weighted by atomic mass is 9.84. The highest BCUT2D eigenvalue weighted by molar-refractivity contribution is 5.92. The molecule has 0 aliphatic carbocycles. The summed E-state index contributed by atoms with van der Waals surface area (Å²) in [5.74, 6) is 1.24. The third-order valence-corrected chi connectivity index (χ3v) is 6.59. The fourth-order valence-electron chi connectivity index (χ4n) is 4.65. The van der Waals surface area contributed by atoms with Gasteiger partial charge >= 0.3 is 0 Å². The summed E-state index contributed by atoms with van der Waals surface area (Å²) >= 11 is 0. The number of carbonyl (C=O) groups excluding carboxylic acids is 2. The number of unbranched alkanes of at least 4 members (excludes halogenated alkanes) is 2. The smallest absolute Gasteiger partial charge is 0.224 e. The molecule has 0 fully saturated rings. The third kappa shape index (κ3) is 8.41. The molecule has 7 nitrogen and oxygen atoms in total. The van der Waals surface area contributed by atoms with Gasteiger partial charge in [0.1, 0.15) is 0 Å². The summed E-state index contributed by atoms with van der Waals surface area (Å²) in [4.78, 5) is 24.8. The first-order chi connectivity index (χ1) is 17.5. The second-order valence-electron chi connectivity index (χ2n) is 10.5. The summed E-state index contributed by atoms with van der Waals surface area (Å²) in [6.07, 6.45) is 5.12. The molecule has 2 amide bonds. The summed E-state index contributed by atoms with van der Waals surface area (Å²) in [5.41, 5.74) is 8.87. The third-order valence-electron chi connectivity index (χ3n) is 6.59. The first-order valence-corrected chi connectivity index (χ1v) is 13.1. The number of anilines is 1. The van der Waals surface area contributed by atoms with Crippen LogP contribution in [0.25, 0.3) is 0 Å². The minimum absolute atomic E-state index is 0.0579. The van der Waals surface area contributed by atoms with Gasteiger partial charge in [-0.25, -0.2) is 0 Å². The van der Waals surface area contributed by atoms with Crippen LogP contribution in [0.3, 0.4) is 0 Å². The Morgan fingerprint density at radius 1 is 0.973 bits per heavy atom. The number of ether oxygens (including phenoxy) is 3. The Morgan fingerprint density at radius 3 is 2.24 bits per heavy atom. The molecule has 1 atom stereocenters. The van der Waals surface area contributed by atoms with Crippen LogP contribution in [0.15, 0.2) is 30.3 Å². The van der Waals surface area contributed by atoms with Gasteiger partial charge in [0.05, 0.1) is 21.3 Å². The molecule has 3 N–H and O–H groups in total. The van der Waals surface area contributed by atoms with Gasteiger partial charge in [-0.05, 0) is 47.4 Å². The van der Waals surface area contributed by atoms with Crippen LogP contribution in [0.4, 0.5) is 5.69 Å². The van der Waals surface area contributed by atoms with Crippen molar-refractivity contribution in [2.45, 2.75) is 84.0 Å². The second kappa shape index (κ2) is 13.9. The van der Waals surface area contributed by atoms with Gasteiger partial charge in [0, 0.05) is 24.1 Å². The van der Waals surface area contributed by atoms with Crippen LogP contribution in [-0.2, 0) is 21.4 Å². The zero-order valence-corrected chi connectivity index (χ0v) is 23.5. The Bertz CT molecular complexity index is 1060. The molecule has 2 rings (SSSR count). The second-order valence-corrected chi connectivity index (χ2v) is 10.5. The van der Waals surface area contributed by atoms with E-state index in [1.807, 2.05) is 30.3 Å². The number of methoxy groups -OCH3 is 3. The Morgan fingerprint density at radius 2 is 1.68 bits per heavy atom. The van der Waals surface area contributed by atoms with Crippen LogP contribution in [0, 0.1) is 0 Å². The normalized spacial score (nSPS) is 12.1. The number of amides is 2. The number of nitrogens with two attached hydrogens (primary N) is 1. The van der Waals surface area contributed by atoms with E-state index in [9.17, 15) is 9.59 Å². The number of primary amides is 1. The maximum atomic E-state index is 13.5. The molecule has 37 heavy (non-hydrogen) atoms. The molecule has 0 aromatic heterocycles. The highest BCUT2D eigenvalue weighted by Gasteiger charge is 2.26. The summed E-state index contributed by atoms with van der Waals surface area (Å²) in [6.45, 7) is 8.51. The number of aryl methyl sites for hydroxylation is 1. The summed E-state index contributed by atoms with van der Waals surface area (Å²) in [7, 11) is 4.78. The van der Waals surface area contributed by atoms with Crippen molar-refractivity contribution in [3.05, 3.63) is 47.0 Å². The van der Waals surface area contributed by atoms with Gasteiger partial charge in [0.25, 0.3) is 0 Å². The average molecular weight is 513 g/mol. The average Bonchev–Trinajstić information content (AvgIpc) is 2.85. The molecule has 0 radical (unpaired) electrons. The zero-order chi connectivity index (χ0) is 27.6.